The number of hydrogen-bond donors (Lipinski definition) is 2. The number of aromatic nitrogens is 2. The summed E-state index contributed by atoms with van der Waals surface area (Å²) in [5, 5.41) is 4.46. The molecule has 0 saturated carbocycles. The van der Waals surface area contributed by atoms with Crippen molar-refractivity contribution in [3.63, 3.8) is 0 Å². The molecule has 1 unspecified atom stereocenters. The van der Waals surface area contributed by atoms with Crippen molar-refractivity contribution >= 4 is 33.3 Å². The summed E-state index contributed by atoms with van der Waals surface area (Å²) in [4.78, 5) is 12.9. The molecule has 18 heavy (non-hydrogen) atoms. The highest BCUT2D eigenvalue weighted by atomic mass is 32.1. The van der Waals surface area contributed by atoms with Gasteiger partial charge < -0.3 is 16.0 Å². The van der Waals surface area contributed by atoms with Crippen LogP contribution in [0.25, 0.3) is 10.2 Å². The maximum Gasteiger partial charge on any atom is 0.223 e. The molecule has 0 spiro atoms. The predicted octanol–water partition coefficient (Wildman–Crippen LogP) is 1.94. The van der Waals surface area contributed by atoms with E-state index < -0.39 is 0 Å². The molecule has 5 nitrogen and oxygen atoms in total. The van der Waals surface area contributed by atoms with E-state index in [-0.39, 0.29) is 0 Å². The molecule has 0 radical (unpaired) electrons. The quantitative estimate of drug-likeness (QED) is 0.884. The first kappa shape index (κ1) is 13.0. The fourth-order valence-electron chi connectivity index (χ4n) is 2.00. The topological polar surface area (TPSA) is 67.1 Å². The van der Waals surface area contributed by atoms with Crippen LogP contribution in [0.1, 0.15) is 11.8 Å². The number of nitrogens with one attached hydrogen (secondary N) is 1. The van der Waals surface area contributed by atoms with Gasteiger partial charge in [0.25, 0.3) is 0 Å². The van der Waals surface area contributed by atoms with E-state index in [0.29, 0.717) is 12.0 Å². The van der Waals surface area contributed by atoms with E-state index in [4.69, 9.17) is 5.73 Å². The third kappa shape index (κ3) is 2.88. The van der Waals surface area contributed by atoms with Gasteiger partial charge in [-0.1, -0.05) is 0 Å². The number of anilines is 2. The van der Waals surface area contributed by atoms with Crippen LogP contribution >= 0.6 is 11.3 Å². The van der Waals surface area contributed by atoms with Gasteiger partial charge in [0.15, 0.2) is 0 Å². The van der Waals surface area contributed by atoms with Crippen molar-refractivity contribution in [1.82, 2.24) is 14.9 Å². The Balaban J connectivity index is 2.31. The van der Waals surface area contributed by atoms with E-state index in [2.05, 4.69) is 54.2 Å². The predicted molar refractivity (Wildman–Crippen MR) is 78.2 cm³/mol. The van der Waals surface area contributed by atoms with Gasteiger partial charge in [-0.2, -0.15) is 4.98 Å². The minimum Gasteiger partial charge on any atom is -0.368 e. The van der Waals surface area contributed by atoms with E-state index in [1.165, 1.54) is 4.88 Å². The van der Waals surface area contributed by atoms with Crippen molar-refractivity contribution < 1.29 is 0 Å². The van der Waals surface area contributed by atoms with Crippen molar-refractivity contribution in [1.29, 1.82) is 0 Å². The number of likely N-dealkylation sites (N-methyl/N-ethyl adjacent to an activating group) is 1. The number of aryl methyl sites for hydroxylation is 1. The summed E-state index contributed by atoms with van der Waals surface area (Å²) >= 11 is 1.64. The van der Waals surface area contributed by atoms with Crippen molar-refractivity contribution in [3.05, 3.63) is 10.9 Å². The highest BCUT2D eigenvalue weighted by Gasteiger charge is 2.11. The Bertz CT molecular complexity index is 549. The van der Waals surface area contributed by atoms with Gasteiger partial charge in [0.2, 0.25) is 5.95 Å². The molecule has 0 aliphatic heterocycles. The standard InChI is InChI=1S/C12H19N5S/c1-7(6-17(3)4)14-10-9-5-8(2)18-11(9)16-12(13)15-10/h5,7H,6H2,1-4H3,(H3,13,14,15,16). The number of nitrogen functional groups attached to an aromatic ring is 1. The molecule has 0 fully saturated rings. The molecule has 2 heterocycles. The van der Waals surface area contributed by atoms with Crippen LogP contribution < -0.4 is 11.1 Å². The van der Waals surface area contributed by atoms with Gasteiger partial charge in [-0.15, -0.1) is 11.3 Å². The number of thiophene rings is 1. The Morgan fingerprint density at radius 3 is 2.83 bits per heavy atom. The molecule has 0 saturated heterocycles. The van der Waals surface area contributed by atoms with Crippen molar-refractivity contribution in [2.45, 2.75) is 19.9 Å². The molecule has 0 bridgehead atoms. The Kier molecular flexibility index (Phi) is 3.68. The lowest BCUT2D eigenvalue weighted by atomic mass is 10.3. The summed E-state index contributed by atoms with van der Waals surface area (Å²) in [7, 11) is 4.10. The minimum atomic E-state index is 0.303. The molecule has 0 aromatic carbocycles. The summed E-state index contributed by atoms with van der Waals surface area (Å²) < 4.78 is 0. The average molecular weight is 265 g/mol. The van der Waals surface area contributed by atoms with E-state index >= 15 is 0 Å². The van der Waals surface area contributed by atoms with Crippen molar-refractivity contribution in [2.24, 2.45) is 0 Å². The normalized spacial score (nSPS) is 13.2. The van der Waals surface area contributed by atoms with Crippen LogP contribution in [0.4, 0.5) is 11.8 Å². The maximum atomic E-state index is 5.74. The average Bonchev–Trinajstić information content (AvgIpc) is 2.56. The summed E-state index contributed by atoms with van der Waals surface area (Å²) in [6.07, 6.45) is 0. The Labute approximate surface area is 111 Å². The largest absolute Gasteiger partial charge is 0.368 e. The van der Waals surface area contributed by atoms with Gasteiger partial charge in [-0.05, 0) is 34.0 Å². The van der Waals surface area contributed by atoms with Crippen LogP contribution in [-0.4, -0.2) is 41.5 Å². The second-order valence-electron chi connectivity index (χ2n) is 4.81. The Hall–Kier alpha value is -1.40. The van der Waals surface area contributed by atoms with E-state index in [1.54, 1.807) is 11.3 Å². The molecular weight excluding hydrogens is 246 g/mol. The number of nitrogens with zero attached hydrogens (tertiary/aromatic N) is 3. The summed E-state index contributed by atoms with van der Waals surface area (Å²) in [6, 6.07) is 2.40. The molecule has 0 amide bonds. The lowest BCUT2D eigenvalue weighted by Crippen LogP contribution is -2.30. The zero-order valence-corrected chi connectivity index (χ0v) is 12.0. The van der Waals surface area contributed by atoms with Crippen LogP contribution in [0.5, 0.6) is 0 Å². The van der Waals surface area contributed by atoms with Crippen molar-refractivity contribution in [3.8, 4) is 0 Å². The van der Waals surface area contributed by atoms with Gasteiger partial charge in [-0.25, -0.2) is 4.98 Å². The summed E-state index contributed by atoms with van der Waals surface area (Å²) in [5.74, 6) is 1.15. The second-order valence-corrected chi connectivity index (χ2v) is 6.05. The van der Waals surface area contributed by atoms with Crippen molar-refractivity contribution in [2.75, 3.05) is 31.7 Å². The molecule has 98 valence electrons. The fourth-order valence-corrected chi connectivity index (χ4v) is 2.88. The van der Waals surface area contributed by atoms with Gasteiger partial charge in [-0.3, -0.25) is 0 Å². The van der Waals surface area contributed by atoms with Crippen LogP contribution in [0.15, 0.2) is 6.07 Å². The number of rotatable bonds is 4. The monoisotopic (exact) mass is 265 g/mol. The third-order valence-corrected chi connectivity index (χ3v) is 3.50. The van der Waals surface area contributed by atoms with E-state index in [1.807, 2.05) is 0 Å². The second kappa shape index (κ2) is 5.07. The maximum absolute atomic E-state index is 5.74. The molecule has 1 atom stereocenters. The highest BCUT2D eigenvalue weighted by molar-refractivity contribution is 7.18. The first-order chi connectivity index (χ1) is 8.45. The zero-order chi connectivity index (χ0) is 13.3. The molecular formula is C12H19N5S. The van der Waals surface area contributed by atoms with Gasteiger partial charge >= 0.3 is 0 Å². The van der Waals surface area contributed by atoms with Gasteiger partial charge in [0.1, 0.15) is 10.6 Å². The third-order valence-electron chi connectivity index (χ3n) is 2.56. The SMILES string of the molecule is Cc1cc2c(NC(C)CN(C)C)nc(N)nc2s1. The molecule has 6 heteroatoms. The lowest BCUT2D eigenvalue weighted by Gasteiger charge is -2.19. The summed E-state index contributed by atoms with van der Waals surface area (Å²) in [6.45, 7) is 5.13. The first-order valence-electron chi connectivity index (χ1n) is 5.90. The van der Waals surface area contributed by atoms with E-state index in [9.17, 15) is 0 Å². The Morgan fingerprint density at radius 2 is 2.17 bits per heavy atom. The molecule has 2 rings (SSSR count). The smallest absolute Gasteiger partial charge is 0.223 e. The molecule has 0 aliphatic rings. The van der Waals surface area contributed by atoms with Crippen LogP contribution in [0, 0.1) is 6.92 Å². The minimum absolute atomic E-state index is 0.303. The Morgan fingerprint density at radius 1 is 1.44 bits per heavy atom. The zero-order valence-electron chi connectivity index (χ0n) is 11.2. The number of fused-ring (bicyclic) bond motifs is 1. The summed E-state index contributed by atoms with van der Waals surface area (Å²) in [5.41, 5.74) is 5.74. The number of hydrogen-bond acceptors (Lipinski definition) is 6. The molecule has 2 aromatic heterocycles. The highest BCUT2D eigenvalue weighted by Crippen LogP contribution is 2.29. The molecule has 3 N–H and O–H groups in total. The first-order valence-corrected chi connectivity index (χ1v) is 6.72. The fraction of sp³-hybridized carbons (Fsp3) is 0.500. The van der Waals surface area contributed by atoms with Crippen LogP contribution in [-0.2, 0) is 0 Å². The lowest BCUT2D eigenvalue weighted by molar-refractivity contribution is 0.392. The van der Waals surface area contributed by atoms with Gasteiger partial charge in [0, 0.05) is 17.5 Å². The van der Waals surface area contributed by atoms with Gasteiger partial charge in [0.05, 0.1) is 5.39 Å². The van der Waals surface area contributed by atoms with E-state index in [0.717, 1.165) is 22.6 Å². The number of nitrogens with two attached hydrogens (primary N) is 1. The molecule has 2 aromatic rings. The van der Waals surface area contributed by atoms with Crippen LogP contribution in [0.3, 0.4) is 0 Å². The van der Waals surface area contributed by atoms with Crippen LogP contribution in [0.2, 0.25) is 0 Å². The molecule has 0 aliphatic carbocycles.